The number of nitrogens with zero attached hydrogens (tertiary/aromatic N) is 1. The monoisotopic (exact) mass is 323 g/mol. The molecule has 0 saturated heterocycles. The van der Waals surface area contributed by atoms with Gasteiger partial charge in [-0.2, -0.15) is 0 Å². The van der Waals surface area contributed by atoms with Crippen LogP contribution in [0.15, 0.2) is 24.3 Å². The molecule has 1 rings (SSSR count). The zero-order valence-electron chi connectivity index (χ0n) is 14.3. The largest absolute Gasteiger partial charge is 0.351 e. The van der Waals surface area contributed by atoms with Crippen LogP contribution in [0.5, 0.6) is 0 Å². The van der Waals surface area contributed by atoms with E-state index in [1.807, 2.05) is 27.7 Å². The number of carbonyl (C=O) groups excluding carboxylic acids is 2. The molecule has 0 spiro atoms. The van der Waals surface area contributed by atoms with Gasteiger partial charge in [0.15, 0.2) is 0 Å². The van der Waals surface area contributed by atoms with Gasteiger partial charge < -0.3 is 10.6 Å². The van der Waals surface area contributed by atoms with Crippen LogP contribution < -0.4 is 10.6 Å². The van der Waals surface area contributed by atoms with Crippen LogP contribution in [0.1, 0.15) is 33.3 Å². The lowest BCUT2D eigenvalue weighted by atomic mass is 10.1. The van der Waals surface area contributed by atoms with Crippen molar-refractivity contribution in [2.45, 2.75) is 39.8 Å². The van der Waals surface area contributed by atoms with Crippen molar-refractivity contribution in [3.63, 3.8) is 0 Å². The Kier molecular flexibility index (Phi) is 7.16. The Morgan fingerprint density at radius 1 is 1.09 bits per heavy atom. The molecule has 0 atom stereocenters. The van der Waals surface area contributed by atoms with E-state index in [0.29, 0.717) is 13.1 Å². The van der Waals surface area contributed by atoms with E-state index < -0.39 is 0 Å². The van der Waals surface area contributed by atoms with Gasteiger partial charge >= 0.3 is 0 Å². The number of carbonyl (C=O) groups is 2. The number of amides is 2. The van der Waals surface area contributed by atoms with Gasteiger partial charge in [0.25, 0.3) is 0 Å². The molecule has 0 saturated carbocycles. The van der Waals surface area contributed by atoms with E-state index in [2.05, 4.69) is 10.6 Å². The van der Waals surface area contributed by atoms with Crippen LogP contribution in [0.2, 0.25) is 0 Å². The Hall–Kier alpha value is -1.95. The van der Waals surface area contributed by atoms with E-state index in [9.17, 15) is 14.0 Å². The van der Waals surface area contributed by atoms with Crippen molar-refractivity contribution in [3.8, 4) is 0 Å². The maximum absolute atomic E-state index is 12.8. The average molecular weight is 323 g/mol. The number of likely N-dealkylation sites (N-methyl/N-ethyl adjacent to an activating group) is 1. The van der Waals surface area contributed by atoms with Crippen LogP contribution in [-0.2, 0) is 16.1 Å². The number of halogens is 1. The number of benzene rings is 1. The Morgan fingerprint density at radius 2 is 1.65 bits per heavy atom. The maximum atomic E-state index is 12.8. The molecule has 0 heterocycles. The first-order valence-electron chi connectivity index (χ1n) is 7.74. The summed E-state index contributed by atoms with van der Waals surface area (Å²) in [6.45, 7) is 8.90. The first-order valence-corrected chi connectivity index (χ1v) is 7.74. The van der Waals surface area contributed by atoms with Crippen LogP contribution in [0.3, 0.4) is 0 Å². The first-order chi connectivity index (χ1) is 10.7. The van der Waals surface area contributed by atoms with Crippen molar-refractivity contribution >= 4 is 11.8 Å². The topological polar surface area (TPSA) is 61.4 Å². The number of rotatable bonds is 7. The van der Waals surface area contributed by atoms with Crippen molar-refractivity contribution in [1.82, 2.24) is 15.5 Å². The molecule has 0 aliphatic carbocycles. The minimum atomic E-state index is -0.304. The van der Waals surface area contributed by atoms with Gasteiger partial charge in [0.05, 0.1) is 13.1 Å². The highest BCUT2D eigenvalue weighted by Crippen LogP contribution is 2.02. The van der Waals surface area contributed by atoms with Gasteiger partial charge in [0.1, 0.15) is 5.82 Å². The Morgan fingerprint density at radius 3 is 2.17 bits per heavy atom. The summed E-state index contributed by atoms with van der Waals surface area (Å²) >= 11 is 0. The fourth-order valence-corrected chi connectivity index (χ4v) is 2.00. The summed E-state index contributed by atoms with van der Waals surface area (Å²) in [6.07, 6.45) is 0. The highest BCUT2D eigenvalue weighted by atomic mass is 19.1. The van der Waals surface area contributed by atoms with Crippen LogP contribution in [0.4, 0.5) is 4.39 Å². The molecule has 5 nitrogen and oxygen atoms in total. The third kappa shape index (κ3) is 8.30. The molecular formula is C17H26FN3O2. The molecule has 0 aliphatic heterocycles. The van der Waals surface area contributed by atoms with Crippen molar-refractivity contribution < 1.29 is 14.0 Å². The summed E-state index contributed by atoms with van der Waals surface area (Å²) < 4.78 is 12.8. The lowest BCUT2D eigenvalue weighted by Gasteiger charge is -2.24. The van der Waals surface area contributed by atoms with Crippen molar-refractivity contribution in [1.29, 1.82) is 0 Å². The molecule has 2 amide bonds. The molecule has 1 aromatic carbocycles. The molecule has 23 heavy (non-hydrogen) atoms. The minimum Gasteiger partial charge on any atom is -0.351 e. The van der Waals surface area contributed by atoms with Gasteiger partial charge in [-0.15, -0.1) is 0 Å². The van der Waals surface area contributed by atoms with Gasteiger partial charge in [-0.3, -0.25) is 14.5 Å². The quantitative estimate of drug-likeness (QED) is 0.802. The van der Waals surface area contributed by atoms with E-state index in [1.165, 1.54) is 12.1 Å². The molecular weight excluding hydrogens is 297 g/mol. The molecule has 0 bridgehead atoms. The molecule has 0 unspecified atom stereocenters. The van der Waals surface area contributed by atoms with Crippen LogP contribution in [-0.4, -0.2) is 41.9 Å². The summed E-state index contributed by atoms with van der Waals surface area (Å²) in [5, 5.41) is 5.64. The molecule has 1 aromatic rings. The summed E-state index contributed by atoms with van der Waals surface area (Å²) in [4.78, 5) is 25.6. The van der Waals surface area contributed by atoms with Crippen molar-refractivity contribution in [3.05, 3.63) is 35.6 Å². The zero-order valence-corrected chi connectivity index (χ0v) is 14.3. The second kappa shape index (κ2) is 8.62. The van der Waals surface area contributed by atoms with Gasteiger partial charge in [0, 0.05) is 12.1 Å². The van der Waals surface area contributed by atoms with Gasteiger partial charge in [0.2, 0.25) is 11.8 Å². The predicted octanol–water partition coefficient (Wildman–Crippen LogP) is 1.68. The average Bonchev–Trinajstić information content (AvgIpc) is 2.44. The standard InChI is InChI=1S/C17H26FN3O2/c1-5-21(12-16(23)20-17(2,3)4)11-15(22)19-10-13-6-8-14(18)9-7-13/h6-9H,5,10-12H2,1-4H3,(H,19,22)(H,20,23). The van der Waals surface area contributed by atoms with Crippen molar-refractivity contribution in [2.75, 3.05) is 19.6 Å². The number of nitrogens with one attached hydrogen (secondary N) is 2. The summed E-state index contributed by atoms with van der Waals surface area (Å²) in [5.74, 6) is -0.576. The van der Waals surface area contributed by atoms with Gasteiger partial charge in [-0.05, 0) is 45.0 Å². The second-order valence-corrected chi connectivity index (χ2v) is 6.50. The lowest BCUT2D eigenvalue weighted by Crippen LogP contribution is -2.47. The smallest absolute Gasteiger partial charge is 0.234 e. The molecule has 0 radical (unpaired) electrons. The first kappa shape index (κ1) is 19.1. The van der Waals surface area contributed by atoms with Crippen molar-refractivity contribution in [2.24, 2.45) is 0 Å². The molecule has 0 aliphatic rings. The normalized spacial score (nSPS) is 11.4. The summed E-state index contributed by atoms with van der Waals surface area (Å²) in [6, 6.07) is 5.97. The SMILES string of the molecule is CCN(CC(=O)NCc1ccc(F)cc1)CC(=O)NC(C)(C)C. The van der Waals surface area contributed by atoms with E-state index in [0.717, 1.165) is 5.56 Å². The van der Waals surface area contributed by atoms with Crippen LogP contribution in [0, 0.1) is 5.82 Å². The Bertz CT molecular complexity index is 524. The molecule has 128 valence electrons. The Balaban J connectivity index is 2.40. The highest BCUT2D eigenvalue weighted by molar-refractivity contribution is 5.81. The number of hydrogen-bond donors (Lipinski definition) is 2. The third-order valence-electron chi connectivity index (χ3n) is 3.10. The van der Waals surface area contributed by atoms with E-state index >= 15 is 0 Å². The zero-order chi connectivity index (χ0) is 17.5. The van der Waals surface area contributed by atoms with Gasteiger partial charge in [-0.1, -0.05) is 19.1 Å². The molecule has 0 aromatic heterocycles. The Labute approximate surface area is 137 Å². The van der Waals surface area contributed by atoms with E-state index in [1.54, 1.807) is 17.0 Å². The fraction of sp³-hybridized carbons (Fsp3) is 0.529. The molecule has 6 heteroatoms. The van der Waals surface area contributed by atoms with Crippen LogP contribution in [0.25, 0.3) is 0 Å². The molecule has 0 fully saturated rings. The summed E-state index contributed by atoms with van der Waals surface area (Å²) in [7, 11) is 0. The van der Waals surface area contributed by atoms with Crippen LogP contribution >= 0.6 is 0 Å². The van der Waals surface area contributed by atoms with E-state index in [-0.39, 0.29) is 36.3 Å². The third-order valence-corrected chi connectivity index (χ3v) is 3.10. The summed E-state index contributed by atoms with van der Waals surface area (Å²) in [5.41, 5.74) is 0.537. The highest BCUT2D eigenvalue weighted by Gasteiger charge is 2.17. The second-order valence-electron chi connectivity index (χ2n) is 6.50. The minimum absolute atomic E-state index is 0.106. The molecule has 2 N–H and O–H groups in total. The fourth-order valence-electron chi connectivity index (χ4n) is 2.00. The number of hydrogen-bond acceptors (Lipinski definition) is 3. The predicted molar refractivity (Wildman–Crippen MR) is 88.3 cm³/mol. The van der Waals surface area contributed by atoms with E-state index in [4.69, 9.17) is 0 Å². The maximum Gasteiger partial charge on any atom is 0.234 e. The lowest BCUT2D eigenvalue weighted by molar-refractivity contribution is -0.125. The van der Waals surface area contributed by atoms with Gasteiger partial charge in [-0.25, -0.2) is 4.39 Å².